The Labute approximate surface area is 239 Å². The Morgan fingerprint density at radius 3 is 2.77 bits per heavy atom. The number of nitrogens with zero attached hydrogens (tertiary/aromatic N) is 5. The molecule has 11 heteroatoms. The molecule has 4 heterocycles. The summed E-state index contributed by atoms with van der Waals surface area (Å²) >= 11 is 1.60. The van der Waals surface area contributed by atoms with Crippen LogP contribution in [0.2, 0.25) is 0 Å². The lowest BCUT2D eigenvalue weighted by Crippen LogP contribution is -2.59. The first-order valence-electron chi connectivity index (χ1n) is 14.1. The van der Waals surface area contributed by atoms with Gasteiger partial charge in [0.05, 0.1) is 41.4 Å². The molecular weight excluding hydrogens is 530 g/mol. The highest BCUT2D eigenvalue weighted by Crippen LogP contribution is 2.69. The van der Waals surface area contributed by atoms with E-state index >= 15 is 0 Å². The number of para-hydroxylation sites is 1. The first-order chi connectivity index (χ1) is 19.2. The third-order valence-electron chi connectivity index (χ3n) is 8.71. The molecule has 3 unspecified atom stereocenters. The summed E-state index contributed by atoms with van der Waals surface area (Å²) in [5, 5.41) is 18.9. The average Bonchev–Trinajstić information content (AvgIpc) is 3.64. The molecule has 1 aromatic heterocycles. The molecule has 3 fully saturated rings. The van der Waals surface area contributed by atoms with Gasteiger partial charge in [0.25, 0.3) is 0 Å². The Kier molecular flexibility index (Phi) is 7.98. The summed E-state index contributed by atoms with van der Waals surface area (Å²) in [5.41, 5.74) is 1.51. The van der Waals surface area contributed by atoms with E-state index < -0.39 is 28.7 Å². The number of benzene rings is 1. The number of fused-ring (bicyclic) bond motifs is 2. The van der Waals surface area contributed by atoms with Crippen LogP contribution in [-0.4, -0.2) is 89.5 Å². The number of hydrogen-bond donors (Lipinski definition) is 1. The average molecular weight is 570 g/mol. The van der Waals surface area contributed by atoms with E-state index in [1.165, 1.54) is 0 Å². The van der Waals surface area contributed by atoms with Crippen LogP contribution in [0.1, 0.15) is 40.5 Å². The van der Waals surface area contributed by atoms with E-state index in [0.717, 1.165) is 17.5 Å². The molecule has 0 saturated carbocycles. The summed E-state index contributed by atoms with van der Waals surface area (Å²) in [5.74, 6) is -1.94. The number of likely N-dealkylation sites (tertiary alicyclic amines) is 1. The van der Waals surface area contributed by atoms with Gasteiger partial charge in [0, 0.05) is 11.8 Å². The van der Waals surface area contributed by atoms with E-state index in [0.29, 0.717) is 6.42 Å². The van der Waals surface area contributed by atoms with Crippen LogP contribution in [0, 0.1) is 23.7 Å². The summed E-state index contributed by atoms with van der Waals surface area (Å²) in [6.07, 6.45) is 2.92. The van der Waals surface area contributed by atoms with Gasteiger partial charge in [-0.25, -0.2) is 4.68 Å². The molecule has 2 aromatic rings. The van der Waals surface area contributed by atoms with E-state index in [1.807, 2.05) is 38.1 Å². The Balaban J connectivity index is 1.59. The first-order valence-corrected chi connectivity index (χ1v) is 15.0. The van der Waals surface area contributed by atoms with Crippen LogP contribution >= 0.6 is 11.8 Å². The number of carbonyl (C=O) groups excluding carboxylic acids is 3. The Bertz CT molecular complexity index is 1300. The molecule has 5 rings (SSSR count). The van der Waals surface area contributed by atoms with Crippen molar-refractivity contribution in [3.63, 3.8) is 0 Å². The number of aliphatic hydroxyl groups excluding tert-OH is 1. The van der Waals surface area contributed by atoms with E-state index in [4.69, 9.17) is 4.74 Å². The molecule has 2 bridgehead atoms. The van der Waals surface area contributed by atoms with Crippen LogP contribution in [0.5, 0.6) is 0 Å². The van der Waals surface area contributed by atoms with Gasteiger partial charge in [0.2, 0.25) is 11.8 Å². The molecule has 40 heavy (non-hydrogen) atoms. The number of esters is 1. The van der Waals surface area contributed by atoms with Crippen molar-refractivity contribution in [1.29, 1.82) is 0 Å². The maximum absolute atomic E-state index is 14.7. The lowest BCUT2D eigenvalue weighted by atomic mass is 9.66. The molecular formula is C29H39N5O5S. The molecule has 1 N–H and O–H groups in total. The second kappa shape index (κ2) is 11.2. The number of ether oxygens (including phenoxy) is 1. The number of thioether (sulfide) groups is 1. The van der Waals surface area contributed by atoms with Crippen molar-refractivity contribution in [3.05, 3.63) is 36.9 Å². The van der Waals surface area contributed by atoms with Crippen LogP contribution < -0.4 is 0 Å². The van der Waals surface area contributed by atoms with Gasteiger partial charge in [-0.05, 0) is 43.7 Å². The molecule has 3 aliphatic rings. The Hall–Kier alpha value is -2.92. The highest BCUT2D eigenvalue weighted by molar-refractivity contribution is 8.02. The second-order valence-corrected chi connectivity index (χ2v) is 13.1. The number of rotatable bonds is 11. The number of aliphatic hydroxyl groups is 1. The van der Waals surface area contributed by atoms with Gasteiger partial charge in [0.15, 0.2) is 0 Å². The zero-order valence-electron chi connectivity index (χ0n) is 23.6. The van der Waals surface area contributed by atoms with Crippen molar-refractivity contribution in [2.45, 2.75) is 69.3 Å². The molecule has 3 saturated heterocycles. The zero-order valence-corrected chi connectivity index (χ0v) is 24.4. The second-order valence-electron chi connectivity index (χ2n) is 11.6. The van der Waals surface area contributed by atoms with Gasteiger partial charge in [0.1, 0.15) is 18.2 Å². The van der Waals surface area contributed by atoms with E-state index in [2.05, 4.69) is 23.8 Å². The summed E-state index contributed by atoms with van der Waals surface area (Å²) in [6.45, 7) is 12.1. The number of amides is 2. The Morgan fingerprint density at radius 1 is 1.35 bits per heavy atom. The minimum absolute atomic E-state index is 0.0113. The van der Waals surface area contributed by atoms with Crippen LogP contribution in [0.4, 0.5) is 0 Å². The standard InChI is InChI=1S/C29H39N5O5S/c1-6-12-32(16-33-21-11-9-8-10-20(21)30-31-33)27(37)25-29-18(5)14-22(40-29)23(28(38)39-7-2)24(29)26(36)34(25)19(15-35)13-17(3)4/h6,8-11,17-19,22-25,35H,1,7,12-16H2,2-5H3/t18?,19-,22+,23-,24+,25?,29?/m1/s1. The SMILES string of the molecule is C=CCN(Cn1nnc2ccccc21)C(=O)C1N([C@@H](CO)CC(C)C)C(=O)[C@@H]2[C@H](C(=O)OCC)[C@@H]3CC(C)C12S3. The minimum atomic E-state index is -0.847. The van der Waals surface area contributed by atoms with Gasteiger partial charge < -0.3 is 19.6 Å². The Morgan fingerprint density at radius 2 is 2.10 bits per heavy atom. The number of carbonyl (C=O) groups is 3. The minimum Gasteiger partial charge on any atom is -0.466 e. The normalized spacial score (nSPS) is 29.7. The van der Waals surface area contributed by atoms with Crippen molar-refractivity contribution in [2.24, 2.45) is 23.7 Å². The lowest BCUT2D eigenvalue weighted by molar-refractivity contribution is -0.154. The van der Waals surface area contributed by atoms with Crippen LogP contribution in [0.15, 0.2) is 36.9 Å². The van der Waals surface area contributed by atoms with Crippen molar-refractivity contribution in [2.75, 3.05) is 19.8 Å². The summed E-state index contributed by atoms with van der Waals surface area (Å²) < 4.78 is 6.32. The topological polar surface area (TPSA) is 118 Å². The van der Waals surface area contributed by atoms with Gasteiger partial charge >= 0.3 is 5.97 Å². The predicted octanol–water partition coefficient (Wildman–Crippen LogP) is 2.71. The van der Waals surface area contributed by atoms with Gasteiger partial charge in [-0.15, -0.1) is 23.4 Å². The van der Waals surface area contributed by atoms with Gasteiger partial charge in [-0.2, -0.15) is 0 Å². The molecule has 0 radical (unpaired) electrons. The highest BCUT2D eigenvalue weighted by atomic mass is 32.2. The summed E-state index contributed by atoms with van der Waals surface area (Å²) in [6, 6.07) is 6.15. The lowest BCUT2D eigenvalue weighted by Gasteiger charge is -2.42. The smallest absolute Gasteiger partial charge is 0.310 e. The fraction of sp³-hybridized carbons (Fsp3) is 0.621. The molecule has 216 valence electrons. The first kappa shape index (κ1) is 28.6. The van der Waals surface area contributed by atoms with Crippen LogP contribution in [-0.2, 0) is 25.8 Å². The quantitative estimate of drug-likeness (QED) is 0.324. The highest BCUT2D eigenvalue weighted by Gasteiger charge is 2.77. The number of hydrogen-bond acceptors (Lipinski definition) is 8. The van der Waals surface area contributed by atoms with Crippen molar-refractivity contribution < 1.29 is 24.2 Å². The summed E-state index contributed by atoms with van der Waals surface area (Å²) in [4.78, 5) is 45.6. The van der Waals surface area contributed by atoms with Crippen molar-refractivity contribution >= 4 is 40.6 Å². The van der Waals surface area contributed by atoms with Gasteiger partial charge in [-0.3, -0.25) is 14.4 Å². The van der Waals surface area contributed by atoms with Crippen molar-refractivity contribution in [3.8, 4) is 0 Å². The fourth-order valence-electron chi connectivity index (χ4n) is 7.19. The third kappa shape index (κ3) is 4.41. The predicted molar refractivity (Wildman–Crippen MR) is 152 cm³/mol. The molecule has 7 atom stereocenters. The van der Waals surface area contributed by atoms with Crippen LogP contribution in [0.3, 0.4) is 0 Å². The maximum atomic E-state index is 14.7. The molecule has 3 aliphatic heterocycles. The van der Waals surface area contributed by atoms with Crippen molar-refractivity contribution in [1.82, 2.24) is 24.8 Å². The molecule has 0 aliphatic carbocycles. The summed E-state index contributed by atoms with van der Waals surface area (Å²) in [7, 11) is 0. The van der Waals surface area contributed by atoms with E-state index in [1.54, 1.807) is 39.2 Å². The molecule has 2 amide bonds. The van der Waals surface area contributed by atoms with Crippen LogP contribution in [0.25, 0.3) is 11.0 Å². The molecule has 10 nitrogen and oxygen atoms in total. The monoisotopic (exact) mass is 569 g/mol. The maximum Gasteiger partial charge on any atom is 0.310 e. The third-order valence-corrected chi connectivity index (χ3v) is 10.8. The fourth-order valence-corrected chi connectivity index (χ4v) is 9.58. The van der Waals surface area contributed by atoms with E-state index in [9.17, 15) is 19.5 Å². The molecule has 1 spiro atoms. The zero-order chi connectivity index (χ0) is 28.8. The molecule has 1 aromatic carbocycles. The van der Waals surface area contributed by atoms with Gasteiger partial charge in [-0.1, -0.05) is 44.2 Å². The van der Waals surface area contributed by atoms with E-state index in [-0.39, 0.29) is 61.3 Å². The largest absolute Gasteiger partial charge is 0.466 e. The number of aromatic nitrogens is 3.